The quantitative estimate of drug-likeness (QED) is 0.815. The summed E-state index contributed by atoms with van der Waals surface area (Å²) in [4.78, 5) is 11.5. The molecule has 0 aliphatic rings. The summed E-state index contributed by atoms with van der Waals surface area (Å²) >= 11 is 0. The highest BCUT2D eigenvalue weighted by Crippen LogP contribution is 2.00. The van der Waals surface area contributed by atoms with Crippen molar-refractivity contribution < 1.29 is 4.79 Å². The Kier molecular flexibility index (Phi) is 4.75. The second-order valence-corrected chi connectivity index (χ2v) is 5.25. The van der Waals surface area contributed by atoms with Gasteiger partial charge >= 0.3 is 0 Å². The second-order valence-electron chi connectivity index (χ2n) is 5.25. The summed E-state index contributed by atoms with van der Waals surface area (Å²) < 4.78 is 2.12. The average Bonchev–Trinajstić information content (AvgIpc) is 2.63. The smallest absolute Gasteiger partial charge is 0.234 e. The zero-order valence-electron chi connectivity index (χ0n) is 11.2. The van der Waals surface area contributed by atoms with Crippen LogP contribution < -0.4 is 10.6 Å². The first kappa shape index (κ1) is 13.8. The third-order valence-corrected chi connectivity index (χ3v) is 2.31. The molecule has 0 unspecified atom stereocenters. The zero-order valence-corrected chi connectivity index (χ0v) is 11.2. The normalized spacial score (nSPS) is 11.5. The molecule has 0 aromatic carbocycles. The van der Waals surface area contributed by atoms with Crippen molar-refractivity contribution in [2.75, 3.05) is 6.54 Å². The largest absolute Gasteiger partial charge is 0.354 e. The number of aryl methyl sites for hydroxylation is 1. The van der Waals surface area contributed by atoms with Crippen LogP contribution in [0.15, 0.2) is 18.5 Å². The molecule has 1 rings (SSSR count). The van der Waals surface area contributed by atoms with Gasteiger partial charge in [-0.1, -0.05) is 0 Å². The maximum atomic E-state index is 11.5. The van der Waals surface area contributed by atoms with E-state index in [2.05, 4.69) is 34.4 Å². The molecule has 0 aliphatic heterocycles. The molecule has 0 fully saturated rings. The molecule has 2 N–H and O–H groups in total. The van der Waals surface area contributed by atoms with E-state index >= 15 is 0 Å². The van der Waals surface area contributed by atoms with Gasteiger partial charge in [-0.2, -0.15) is 0 Å². The number of hydrogen-bond donors (Lipinski definition) is 2. The summed E-state index contributed by atoms with van der Waals surface area (Å²) in [5.74, 6) is 0.0347. The predicted octanol–water partition coefficient (Wildman–Crippen LogP) is 1.51. The number of nitrogens with one attached hydrogen (secondary N) is 2. The predicted molar refractivity (Wildman–Crippen MR) is 69.7 cm³/mol. The molecule has 4 nitrogen and oxygen atoms in total. The van der Waals surface area contributed by atoms with E-state index in [1.54, 1.807) is 0 Å². The van der Waals surface area contributed by atoms with Gasteiger partial charge in [-0.05, 0) is 39.3 Å². The standard InChI is InChI=1S/C13H23N3O/c1-5-16-7-6-11(10-16)8-14-9-12(17)15-13(2,3)4/h6-7,10,14H,5,8-9H2,1-4H3,(H,15,17). The van der Waals surface area contributed by atoms with Gasteiger partial charge in [0.2, 0.25) is 5.91 Å². The molecule has 4 heteroatoms. The molecule has 1 aromatic rings. The minimum Gasteiger partial charge on any atom is -0.354 e. The van der Waals surface area contributed by atoms with Crippen molar-refractivity contribution in [2.45, 2.75) is 46.3 Å². The van der Waals surface area contributed by atoms with Gasteiger partial charge in [-0.3, -0.25) is 4.79 Å². The topological polar surface area (TPSA) is 46.1 Å². The molecular weight excluding hydrogens is 214 g/mol. The summed E-state index contributed by atoms with van der Waals surface area (Å²) in [6, 6.07) is 2.07. The molecule has 1 aromatic heterocycles. The molecule has 0 saturated carbocycles. The van der Waals surface area contributed by atoms with Gasteiger partial charge in [0.1, 0.15) is 0 Å². The van der Waals surface area contributed by atoms with Crippen LogP contribution in [0.3, 0.4) is 0 Å². The Bertz CT molecular complexity index is 363. The van der Waals surface area contributed by atoms with E-state index in [0.29, 0.717) is 6.54 Å². The van der Waals surface area contributed by atoms with Crippen molar-refractivity contribution in [3.8, 4) is 0 Å². The number of carbonyl (C=O) groups is 1. The minimum absolute atomic E-state index is 0.0347. The van der Waals surface area contributed by atoms with Crippen molar-refractivity contribution >= 4 is 5.91 Å². The second kappa shape index (κ2) is 5.87. The lowest BCUT2D eigenvalue weighted by Crippen LogP contribution is -2.44. The van der Waals surface area contributed by atoms with Gasteiger partial charge < -0.3 is 15.2 Å². The van der Waals surface area contributed by atoms with Crippen molar-refractivity contribution in [2.24, 2.45) is 0 Å². The summed E-state index contributed by atoms with van der Waals surface area (Å²) in [7, 11) is 0. The fraction of sp³-hybridized carbons (Fsp3) is 0.615. The lowest BCUT2D eigenvalue weighted by Gasteiger charge is -2.20. The first-order chi connectivity index (χ1) is 7.90. The van der Waals surface area contributed by atoms with Crippen molar-refractivity contribution in [3.05, 3.63) is 24.0 Å². The lowest BCUT2D eigenvalue weighted by molar-refractivity contribution is -0.121. The monoisotopic (exact) mass is 237 g/mol. The van der Waals surface area contributed by atoms with Gasteiger partial charge in [-0.25, -0.2) is 0 Å². The number of carbonyl (C=O) groups excluding carboxylic acids is 1. The summed E-state index contributed by atoms with van der Waals surface area (Å²) in [5, 5.41) is 6.05. The first-order valence-corrected chi connectivity index (χ1v) is 6.07. The molecule has 0 spiro atoms. The van der Waals surface area contributed by atoms with E-state index in [4.69, 9.17) is 0 Å². The van der Waals surface area contributed by atoms with Gasteiger partial charge in [-0.15, -0.1) is 0 Å². The van der Waals surface area contributed by atoms with Crippen LogP contribution in [0.25, 0.3) is 0 Å². The van der Waals surface area contributed by atoms with E-state index in [9.17, 15) is 4.79 Å². The van der Waals surface area contributed by atoms with Crippen LogP contribution in [0.1, 0.15) is 33.3 Å². The molecule has 0 radical (unpaired) electrons. The van der Waals surface area contributed by atoms with Crippen LogP contribution in [0.5, 0.6) is 0 Å². The molecule has 17 heavy (non-hydrogen) atoms. The number of amides is 1. The molecule has 0 bridgehead atoms. The zero-order chi connectivity index (χ0) is 12.9. The van der Waals surface area contributed by atoms with Gasteiger partial charge in [0.25, 0.3) is 0 Å². The number of hydrogen-bond acceptors (Lipinski definition) is 2. The Labute approximate surface area is 103 Å². The van der Waals surface area contributed by atoms with Crippen LogP contribution in [0.2, 0.25) is 0 Å². The van der Waals surface area contributed by atoms with Crippen LogP contribution in [-0.4, -0.2) is 22.6 Å². The SMILES string of the molecule is CCn1ccc(CNCC(=O)NC(C)(C)C)c1. The lowest BCUT2D eigenvalue weighted by atomic mass is 10.1. The fourth-order valence-corrected chi connectivity index (χ4v) is 1.57. The molecular formula is C13H23N3O. The average molecular weight is 237 g/mol. The first-order valence-electron chi connectivity index (χ1n) is 6.07. The molecule has 1 amide bonds. The van der Waals surface area contributed by atoms with E-state index in [-0.39, 0.29) is 11.4 Å². The summed E-state index contributed by atoms with van der Waals surface area (Å²) in [6.07, 6.45) is 4.14. The third kappa shape index (κ3) is 5.54. The molecule has 0 aliphatic carbocycles. The molecule has 0 saturated heterocycles. The Hall–Kier alpha value is -1.29. The number of aromatic nitrogens is 1. The maximum absolute atomic E-state index is 11.5. The number of nitrogens with zero attached hydrogens (tertiary/aromatic N) is 1. The van der Waals surface area contributed by atoms with E-state index in [0.717, 1.165) is 13.1 Å². The van der Waals surface area contributed by atoms with Crippen LogP contribution in [-0.2, 0) is 17.9 Å². The Balaban J connectivity index is 2.26. The Morgan fingerprint density at radius 2 is 2.12 bits per heavy atom. The molecule has 1 heterocycles. The van der Waals surface area contributed by atoms with Crippen LogP contribution >= 0.6 is 0 Å². The van der Waals surface area contributed by atoms with E-state index in [1.165, 1.54) is 5.56 Å². The number of rotatable bonds is 5. The highest BCUT2D eigenvalue weighted by Gasteiger charge is 2.12. The maximum Gasteiger partial charge on any atom is 0.234 e. The molecule has 96 valence electrons. The van der Waals surface area contributed by atoms with E-state index < -0.39 is 0 Å². The highest BCUT2D eigenvalue weighted by atomic mass is 16.2. The fourth-order valence-electron chi connectivity index (χ4n) is 1.57. The minimum atomic E-state index is -0.162. The van der Waals surface area contributed by atoms with E-state index in [1.807, 2.05) is 27.0 Å². The Morgan fingerprint density at radius 1 is 1.41 bits per heavy atom. The van der Waals surface area contributed by atoms with Gasteiger partial charge in [0.15, 0.2) is 0 Å². The summed E-state index contributed by atoms with van der Waals surface area (Å²) in [6.45, 7) is 10.1. The third-order valence-electron chi connectivity index (χ3n) is 2.31. The van der Waals surface area contributed by atoms with Gasteiger partial charge in [0, 0.05) is 31.0 Å². The van der Waals surface area contributed by atoms with Crippen molar-refractivity contribution in [1.82, 2.24) is 15.2 Å². The van der Waals surface area contributed by atoms with Gasteiger partial charge in [0.05, 0.1) is 6.54 Å². The highest BCUT2D eigenvalue weighted by molar-refractivity contribution is 5.78. The van der Waals surface area contributed by atoms with Crippen LogP contribution in [0.4, 0.5) is 0 Å². The van der Waals surface area contributed by atoms with Crippen LogP contribution in [0, 0.1) is 0 Å². The Morgan fingerprint density at radius 3 is 2.65 bits per heavy atom. The summed E-state index contributed by atoms with van der Waals surface area (Å²) in [5.41, 5.74) is 1.04. The molecule has 0 atom stereocenters. The van der Waals surface area contributed by atoms with Crippen molar-refractivity contribution in [1.29, 1.82) is 0 Å². The van der Waals surface area contributed by atoms with Crippen molar-refractivity contribution in [3.63, 3.8) is 0 Å².